The summed E-state index contributed by atoms with van der Waals surface area (Å²) in [7, 11) is 0. The summed E-state index contributed by atoms with van der Waals surface area (Å²) in [5.41, 5.74) is -0.354. The highest BCUT2D eigenvalue weighted by molar-refractivity contribution is 6.35. The maximum atomic E-state index is 13.6. The first-order chi connectivity index (χ1) is 8.47. The average Bonchev–Trinajstić information content (AvgIpc) is 2.37. The molecule has 0 N–H and O–H groups in total. The molecule has 0 spiro atoms. The predicted octanol–water partition coefficient (Wildman–Crippen LogP) is 1.74. The first-order valence-corrected chi connectivity index (χ1v) is 5.06. The molecule has 0 saturated heterocycles. The predicted molar refractivity (Wildman–Crippen MR) is 58.6 cm³/mol. The number of Topliss-reactive ketones (excluding diaryl/α,β-unsaturated/α-hetero) is 1. The molecule has 0 radical (unpaired) electrons. The molecule has 1 aromatic carbocycles. The Bertz CT molecular complexity index is 471. The van der Waals surface area contributed by atoms with Crippen molar-refractivity contribution in [2.24, 2.45) is 0 Å². The van der Waals surface area contributed by atoms with Crippen molar-refractivity contribution in [2.45, 2.75) is 13.1 Å². The molecule has 18 heavy (non-hydrogen) atoms. The lowest BCUT2D eigenvalue weighted by Gasteiger charge is -2.06. The van der Waals surface area contributed by atoms with Gasteiger partial charge in [-0.2, -0.15) is 0 Å². The Hall–Kier alpha value is -2.31. The van der Waals surface area contributed by atoms with Crippen LogP contribution >= 0.6 is 0 Å². The van der Waals surface area contributed by atoms with Gasteiger partial charge in [0.15, 0.2) is 6.17 Å². The fraction of sp³-hybridized carbons (Fsp3) is 0.273. The molecule has 0 amide bonds. The number of non-ortho nitro benzene ring substituents is 1. The van der Waals surface area contributed by atoms with Gasteiger partial charge in [0.2, 0.25) is 0 Å². The van der Waals surface area contributed by atoms with Crippen molar-refractivity contribution < 1.29 is 23.6 Å². The molecule has 1 aromatic rings. The summed E-state index contributed by atoms with van der Waals surface area (Å²) in [5, 5.41) is 10.4. The lowest BCUT2D eigenvalue weighted by atomic mass is 10.1. The van der Waals surface area contributed by atoms with E-state index in [1.807, 2.05) is 0 Å². The molecule has 0 aromatic heterocycles. The van der Waals surface area contributed by atoms with Gasteiger partial charge >= 0.3 is 5.97 Å². The SMILES string of the molecule is CCOC(=O)C(=O)C(F)c1ccc([N+](=O)[O-])cc1. The number of carbonyl (C=O) groups is 2. The Morgan fingerprint density at radius 3 is 2.39 bits per heavy atom. The van der Waals surface area contributed by atoms with Crippen LogP contribution in [-0.2, 0) is 14.3 Å². The minimum Gasteiger partial charge on any atom is -0.460 e. The summed E-state index contributed by atoms with van der Waals surface area (Å²) in [6.07, 6.45) is -2.18. The largest absolute Gasteiger partial charge is 0.460 e. The third-order valence-electron chi connectivity index (χ3n) is 2.10. The number of carbonyl (C=O) groups excluding carboxylic acids is 2. The molecule has 1 atom stereocenters. The van der Waals surface area contributed by atoms with Gasteiger partial charge in [0.05, 0.1) is 11.5 Å². The Morgan fingerprint density at radius 1 is 1.39 bits per heavy atom. The zero-order valence-corrected chi connectivity index (χ0v) is 9.46. The third kappa shape index (κ3) is 3.09. The van der Waals surface area contributed by atoms with E-state index in [2.05, 4.69) is 4.74 Å². The van der Waals surface area contributed by atoms with Crippen LogP contribution < -0.4 is 0 Å². The first-order valence-electron chi connectivity index (χ1n) is 5.06. The fourth-order valence-electron chi connectivity index (χ4n) is 1.22. The number of nitrogens with zero attached hydrogens (tertiary/aromatic N) is 1. The van der Waals surface area contributed by atoms with E-state index in [9.17, 15) is 24.1 Å². The van der Waals surface area contributed by atoms with Crippen LogP contribution in [0.2, 0.25) is 0 Å². The quantitative estimate of drug-likeness (QED) is 0.346. The molecule has 0 bridgehead atoms. The van der Waals surface area contributed by atoms with Gasteiger partial charge < -0.3 is 4.74 Å². The average molecular weight is 255 g/mol. The van der Waals surface area contributed by atoms with E-state index in [1.54, 1.807) is 0 Å². The van der Waals surface area contributed by atoms with E-state index < -0.39 is 22.8 Å². The molecular weight excluding hydrogens is 245 g/mol. The van der Waals surface area contributed by atoms with Crippen molar-refractivity contribution in [2.75, 3.05) is 6.61 Å². The lowest BCUT2D eigenvalue weighted by Crippen LogP contribution is -2.22. The van der Waals surface area contributed by atoms with Crippen molar-refractivity contribution >= 4 is 17.4 Å². The van der Waals surface area contributed by atoms with E-state index in [-0.39, 0.29) is 17.9 Å². The Kier molecular flexibility index (Phi) is 4.47. The standard InChI is InChI=1S/C11H10FNO5/c1-2-18-11(15)10(14)9(12)7-3-5-8(6-4-7)13(16)17/h3-6,9H,2H2,1H3. The molecule has 7 heteroatoms. The highest BCUT2D eigenvalue weighted by Crippen LogP contribution is 2.21. The number of ketones is 1. The molecule has 6 nitrogen and oxygen atoms in total. The Balaban J connectivity index is 2.84. The van der Waals surface area contributed by atoms with Crippen molar-refractivity contribution in [1.82, 2.24) is 0 Å². The summed E-state index contributed by atoms with van der Waals surface area (Å²) in [4.78, 5) is 32.0. The molecule has 0 aliphatic rings. The van der Waals surface area contributed by atoms with Crippen LogP contribution in [0.5, 0.6) is 0 Å². The number of ether oxygens (including phenoxy) is 1. The van der Waals surface area contributed by atoms with E-state index in [0.717, 1.165) is 24.3 Å². The van der Waals surface area contributed by atoms with Crippen molar-refractivity contribution in [3.8, 4) is 0 Å². The zero-order valence-electron chi connectivity index (χ0n) is 9.46. The number of hydrogen-bond donors (Lipinski definition) is 0. The van der Waals surface area contributed by atoms with Crippen LogP contribution in [0.15, 0.2) is 24.3 Å². The summed E-state index contributed by atoms with van der Waals surface area (Å²) >= 11 is 0. The second-order valence-electron chi connectivity index (χ2n) is 3.30. The molecular formula is C11H10FNO5. The van der Waals surface area contributed by atoms with Gasteiger partial charge in [-0.25, -0.2) is 9.18 Å². The number of nitro groups is 1. The number of halogens is 1. The van der Waals surface area contributed by atoms with Crippen LogP contribution in [0.3, 0.4) is 0 Å². The van der Waals surface area contributed by atoms with E-state index >= 15 is 0 Å². The monoisotopic (exact) mass is 255 g/mol. The number of alkyl halides is 1. The number of rotatable bonds is 5. The molecule has 0 aliphatic heterocycles. The third-order valence-corrected chi connectivity index (χ3v) is 2.10. The summed E-state index contributed by atoms with van der Waals surface area (Å²) in [6, 6.07) is 4.28. The number of esters is 1. The molecule has 1 rings (SSSR count). The van der Waals surface area contributed by atoms with Gasteiger partial charge in [0.1, 0.15) is 0 Å². The second kappa shape index (κ2) is 5.85. The Labute approximate surface area is 102 Å². The van der Waals surface area contributed by atoms with Crippen LogP contribution in [0.1, 0.15) is 18.7 Å². The Morgan fingerprint density at radius 2 is 1.94 bits per heavy atom. The van der Waals surface area contributed by atoms with Crippen molar-refractivity contribution in [3.05, 3.63) is 39.9 Å². The lowest BCUT2D eigenvalue weighted by molar-refractivity contribution is -0.384. The molecule has 0 aliphatic carbocycles. The van der Waals surface area contributed by atoms with Gasteiger partial charge in [-0.05, 0) is 24.6 Å². The van der Waals surface area contributed by atoms with E-state index in [0.29, 0.717) is 0 Å². The van der Waals surface area contributed by atoms with E-state index in [4.69, 9.17) is 0 Å². The molecule has 0 fully saturated rings. The van der Waals surface area contributed by atoms with Gasteiger partial charge in [0.25, 0.3) is 11.5 Å². The minimum atomic E-state index is -2.18. The number of benzene rings is 1. The van der Waals surface area contributed by atoms with Gasteiger partial charge in [-0.1, -0.05) is 0 Å². The molecule has 0 saturated carbocycles. The van der Waals surface area contributed by atoms with Crippen LogP contribution in [0.4, 0.5) is 10.1 Å². The van der Waals surface area contributed by atoms with Gasteiger partial charge in [-0.15, -0.1) is 0 Å². The van der Waals surface area contributed by atoms with Gasteiger partial charge in [-0.3, -0.25) is 14.9 Å². The summed E-state index contributed by atoms with van der Waals surface area (Å²) in [6.45, 7) is 1.46. The van der Waals surface area contributed by atoms with E-state index in [1.165, 1.54) is 6.92 Å². The van der Waals surface area contributed by atoms with Gasteiger partial charge in [0, 0.05) is 12.1 Å². The van der Waals surface area contributed by atoms with Crippen LogP contribution in [-0.4, -0.2) is 23.3 Å². The fourth-order valence-corrected chi connectivity index (χ4v) is 1.22. The van der Waals surface area contributed by atoms with Crippen molar-refractivity contribution in [1.29, 1.82) is 0 Å². The highest BCUT2D eigenvalue weighted by Gasteiger charge is 2.28. The summed E-state index contributed by atoms with van der Waals surface area (Å²) in [5.74, 6) is -2.59. The van der Waals surface area contributed by atoms with Crippen LogP contribution in [0.25, 0.3) is 0 Å². The topological polar surface area (TPSA) is 86.5 Å². The number of nitro benzene ring substituents is 1. The molecule has 0 heterocycles. The zero-order chi connectivity index (χ0) is 13.7. The molecule has 96 valence electrons. The maximum Gasteiger partial charge on any atom is 0.378 e. The first kappa shape index (κ1) is 13.8. The van der Waals surface area contributed by atoms with Crippen molar-refractivity contribution in [3.63, 3.8) is 0 Å². The van der Waals surface area contributed by atoms with Crippen LogP contribution in [0, 0.1) is 10.1 Å². The summed E-state index contributed by atoms with van der Waals surface area (Å²) < 4.78 is 18.0. The normalized spacial score (nSPS) is 11.7. The minimum absolute atomic E-state index is 0.0302. The number of hydrogen-bond acceptors (Lipinski definition) is 5. The highest BCUT2D eigenvalue weighted by atomic mass is 19.1. The maximum absolute atomic E-state index is 13.6. The molecule has 1 unspecified atom stereocenters. The smallest absolute Gasteiger partial charge is 0.378 e. The second-order valence-corrected chi connectivity index (χ2v) is 3.30.